The molecular weight excluding hydrogens is 487 g/mol. The molecule has 0 aliphatic carbocycles. The fourth-order valence-corrected chi connectivity index (χ4v) is 5.57. The van der Waals surface area contributed by atoms with Gasteiger partial charge in [-0.2, -0.15) is 0 Å². The van der Waals surface area contributed by atoms with E-state index in [1.54, 1.807) is 55.5 Å². The molecule has 4 rings (SSSR count). The van der Waals surface area contributed by atoms with Crippen LogP contribution in [0.4, 0.5) is 0 Å². The number of hydrogen-bond donors (Lipinski definition) is 3. The number of hydrogen-bond acceptors (Lipinski definition) is 4. The summed E-state index contributed by atoms with van der Waals surface area (Å²) in [6.07, 6.45) is -0.660. The lowest BCUT2D eigenvalue weighted by molar-refractivity contribution is -0.183. The molecule has 0 aliphatic rings. The molecule has 0 radical (unpaired) electrons. The Morgan fingerprint density at radius 1 is 0.703 bits per heavy atom. The average molecular weight is 519 g/mol. The van der Waals surface area contributed by atoms with Crippen LogP contribution >= 0.6 is 7.82 Å². The van der Waals surface area contributed by atoms with E-state index >= 15 is 0 Å². The summed E-state index contributed by atoms with van der Waals surface area (Å²) in [6.45, 7) is 1.50. The van der Waals surface area contributed by atoms with Gasteiger partial charge in [-0.25, -0.2) is 4.57 Å². The molecule has 37 heavy (non-hydrogen) atoms. The van der Waals surface area contributed by atoms with Crippen LogP contribution in [-0.4, -0.2) is 27.6 Å². The fraction of sp³-hybridized carbons (Fsp3) is 0.200. The summed E-state index contributed by atoms with van der Waals surface area (Å²) in [6, 6.07) is 36.8. The van der Waals surface area contributed by atoms with Crippen molar-refractivity contribution in [1.29, 1.82) is 0 Å². The first-order valence-electron chi connectivity index (χ1n) is 12.1. The van der Waals surface area contributed by atoms with Gasteiger partial charge in [-0.15, -0.1) is 0 Å². The standard InChI is InChI=1S/C30H31O6P/c1-24(31)23-35-29(26-16-8-3-9-17-26,22-25-14-6-2-7-15-25)30(36-37(32,33)34,27-18-10-4-11-19-27)28-20-12-5-13-21-28/h2-21,24,31H,22-23H2,1H3,(H2,32,33,34). The van der Waals surface area contributed by atoms with E-state index in [-0.39, 0.29) is 13.0 Å². The molecule has 7 heteroatoms. The van der Waals surface area contributed by atoms with Crippen LogP contribution in [0.2, 0.25) is 0 Å². The maximum Gasteiger partial charge on any atom is 0.470 e. The molecule has 4 aromatic rings. The number of aliphatic hydroxyl groups is 1. The van der Waals surface area contributed by atoms with Crippen molar-refractivity contribution in [3.8, 4) is 0 Å². The van der Waals surface area contributed by atoms with Crippen LogP contribution < -0.4 is 0 Å². The molecule has 0 heterocycles. The van der Waals surface area contributed by atoms with E-state index in [0.717, 1.165) is 5.56 Å². The van der Waals surface area contributed by atoms with Crippen molar-refractivity contribution in [2.75, 3.05) is 6.61 Å². The van der Waals surface area contributed by atoms with Crippen LogP contribution in [0.5, 0.6) is 0 Å². The molecule has 0 bridgehead atoms. The van der Waals surface area contributed by atoms with Crippen molar-refractivity contribution in [3.05, 3.63) is 144 Å². The van der Waals surface area contributed by atoms with E-state index in [9.17, 15) is 19.5 Å². The van der Waals surface area contributed by atoms with Gasteiger partial charge in [-0.1, -0.05) is 121 Å². The Morgan fingerprint density at radius 2 is 1.11 bits per heavy atom. The summed E-state index contributed by atoms with van der Waals surface area (Å²) in [7, 11) is -5.13. The molecule has 0 spiro atoms. The Bertz CT molecular complexity index is 1250. The van der Waals surface area contributed by atoms with Crippen LogP contribution in [0.3, 0.4) is 0 Å². The zero-order valence-electron chi connectivity index (χ0n) is 20.6. The highest BCUT2D eigenvalue weighted by Crippen LogP contribution is 2.59. The summed E-state index contributed by atoms with van der Waals surface area (Å²) in [5, 5.41) is 10.3. The van der Waals surface area contributed by atoms with Crippen molar-refractivity contribution >= 4 is 7.82 Å². The molecule has 6 nitrogen and oxygen atoms in total. The van der Waals surface area contributed by atoms with Crippen LogP contribution in [0.1, 0.15) is 29.2 Å². The third kappa shape index (κ3) is 5.91. The fourth-order valence-electron chi connectivity index (χ4n) is 4.86. The highest BCUT2D eigenvalue weighted by Gasteiger charge is 2.60. The first-order chi connectivity index (χ1) is 17.8. The molecule has 2 atom stereocenters. The van der Waals surface area contributed by atoms with Crippen LogP contribution in [0.15, 0.2) is 121 Å². The lowest BCUT2D eigenvalue weighted by Gasteiger charge is -2.51. The van der Waals surface area contributed by atoms with Gasteiger partial charge in [0.2, 0.25) is 0 Å². The molecule has 192 valence electrons. The molecule has 4 aromatic carbocycles. The van der Waals surface area contributed by atoms with Crippen molar-refractivity contribution in [2.24, 2.45) is 0 Å². The smallest absolute Gasteiger partial charge is 0.391 e. The number of ether oxygens (including phenoxy) is 1. The van der Waals surface area contributed by atoms with Gasteiger partial charge < -0.3 is 19.6 Å². The van der Waals surface area contributed by atoms with Crippen LogP contribution in [0, 0.1) is 0 Å². The monoisotopic (exact) mass is 518 g/mol. The van der Waals surface area contributed by atoms with E-state index in [1.165, 1.54) is 0 Å². The molecule has 0 saturated carbocycles. The average Bonchev–Trinajstić information content (AvgIpc) is 2.91. The molecule has 0 amide bonds. The van der Waals surface area contributed by atoms with E-state index in [2.05, 4.69) is 0 Å². The van der Waals surface area contributed by atoms with Gasteiger partial charge in [0.1, 0.15) is 5.60 Å². The predicted molar refractivity (Wildman–Crippen MR) is 143 cm³/mol. The highest BCUT2D eigenvalue weighted by molar-refractivity contribution is 7.46. The SMILES string of the molecule is CC(O)COC(Cc1ccccc1)(c1ccccc1)C(OP(=O)(O)O)(c1ccccc1)c1ccccc1. The number of benzene rings is 4. The maximum absolute atomic E-state index is 12.8. The third-order valence-corrected chi connectivity index (χ3v) is 6.80. The Kier molecular flexibility index (Phi) is 8.40. The summed E-state index contributed by atoms with van der Waals surface area (Å²) in [4.78, 5) is 20.8. The third-order valence-electron chi connectivity index (χ3n) is 6.29. The lowest BCUT2D eigenvalue weighted by Crippen LogP contribution is -2.55. The molecular formula is C30H31O6P. The molecule has 0 saturated heterocycles. The molecule has 0 aliphatic heterocycles. The summed E-state index contributed by atoms with van der Waals surface area (Å²) < 4.78 is 25.5. The van der Waals surface area contributed by atoms with Gasteiger partial charge in [-0.3, -0.25) is 4.52 Å². The minimum Gasteiger partial charge on any atom is -0.391 e. The Labute approximate surface area is 217 Å². The number of phosphoric ester groups is 1. The molecule has 0 fully saturated rings. The van der Waals surface area contributed by atoms with Crippen LogP contribution in [-0.2, 0) is 31.4 Å². The topological polar surface area (TPSA) is 96.2 Å². The molecule has 3 N–H and O–H groups in total. The van der Waals surface area contributed by atoms with Crippen LogP contribution in [0.25, 0.3) is 0 Å². The second-order valence-electron chi connectivity index (χ2n) is 9.01. The Morgan fingerprint density at radius 3 is 1.51 bits per heavy atom. The quantitative estimate of drug-likeness (QED) is 0.225. The zero-order valence-corrected chi connectivity index (χ0v) is 21.4. The minimum atomic E-state index is -5.13. The van der Waals surface area contributed by atoms with E-state index in [0.29, 0.717) is 16.7 Å². The first-order valence-corrected chi connectivity index (χ1v) is 13.6. The highest BCUT2D eigenvalue weighted by atomic mass is 31.2. The Balaban J connectivity index is 2.17. The second kappa shape index (κ2) is 11.5. The predicted octanol–water partition coefficient (Wildman–Crippen LogP) is 5.58. The number of phosphoric acid groups is 1. The van der Waals surface area contributed by atoms with E-state index < -0.39 is 25.1 Å². The van der Waals surface area contributed by atoms with E-state index in [4.69, 9.17) is 9.26 Å². The second-order valence-corrected chi connectivity index (χ2v) is 10.2. The van der Waals surface area contributed by atoms with Gasteiger partial charge in [0.15, 0.2) is 5.60 Å². The number of aliphatic hydroxyl groups excluding tert-OH is 1. The first kappa shape index (κ1) is 27.0. The molecule has 0 aromatic heterocycles. The van der Waals surface area contributed by atoms with Gasteiger partial charge in [0, 0.05) is 6.42 Å². The van der Waals surface area contributed by atoms with E-state index in [1.807, 2.05) is 72.8 Å². The summed E-state index contributed by atoms with van der Waals surface area (Å²) in [5.74, 6) is 0. The lowest BCUT2D eigenvalue weighted by atomic mass is 9.66. The zero-order chi connectivity index (χ0) is 26.4. The molecule has 2 unspecified atom stereocenters. The largest absolute Gasteiger partial charge is 0.470 e. The minimum absolute atomic E-state index is 0.104. The normalized spacial score (nSPS) is 14.6. The maximum atomic E-state index is 12.8. The van der Waals surface area contributed by atoms with Gasteiger partial charge >= 0.3 is 7.82 Å². The van der Waals surface area contributed by atoms with Crippen molar-refractivity contribution in [3.63, 3.8) is 0 Å². The van der Waals surface area contributed by atoms with Gasteiger partial charge in [0.05, 0.1) is 12.7 Å². The summed E-state index contributed by atoms with van der Waals surface area (Å²) >= 11 is 0. The summed E-state index contributed by atoms with van der Waals surface area (Å²) in [5.41, 5.74) is -0.843. The van der Waals surface area contributed by atoms with Gasteiger partial charge in [-0.05, 0) is 29.2 Å². The van der Waals surface area contributed by atoms with Gasteiger partial charge in [0.25, 0.3) is 0 Å². The van der Waals surface area contributed by atoms with Crippen molar-refractivity contribution < 1.29 is 28.7 Å². The number of rotatable bonds is 11. The van der Waals surface area contributed by atoms with Crippen molar-refractivity contribution in [2.45, 2.75) is 30.7 Å². The Hall–Kier alpha value is -3.09. The van der Waals surface area contributed by atoms with Crippen molar-refractivity contribution in [1.82, 2.24) is 0 Å².